The molecule has 2 fully saturated rings. The van der Waals surface area contributed by atoms with Crippen molar-refractivity contribution in [2.75, 3.05) is 0 Å². The number of sulfone groups is 1. The molecule has 0 bridgehead atoms. The van der Waals surface area contributed by atoms with Gasteiger partial charge in [0.1, 0.15) is 17.5 Å². The third-order valence-electron chi connectivity index (χ3n) is 5.00. The molecular weight excluding hydrogens is 324 g/mol. The fraction of sp³-hybridized carbons (Fsp3) is 0.786. The normalized spacial score (nSPS) is 30.1. The van der Waals surface area contributed by atoms with E-state index in [0.717, 1.165) is 4.90 Å². The number of aliphatic carboxylic acids is 1. The van der Waals surface area contributed by atoms with Crippen LogP contribution in [0.1, 0.15) is 40.5 Å². The maximum Gasteiger partial charge on any atom is 0.326 e. The van der Waals surface area contributed by atoms with E-state index >= 15 is 0 Å². The van der Waals surface area contributed by atoms with Crippen LogP contribution in [0, 0.1) is 5.92 Å². The zero-order valence-corrected chi connectivity index (χ0v) is 14.4. The van der Waals surface area contributed by atoms with E-state index in [1.165, 1.54) is 13.8 Å². The van der Waals surface area contributed by atoms with Gasteiger partial charge in [0, 0.05) is 0 Å². The molecule has 130 valence electrons. The van der Waals surface area contributed by atoms with Gasteiger partial charge >= 0.3 is 5.97 Å². The van der Waals surface area contributed by atoms with Gasteiger partial charge in [0.15, 0.2) is 9.84 Å². The number of carbonyl (C=O) groups excluding carboxylic acids is 2. The smallest absolute Gasteiger partial charge is 0.326 e. The largest absolute Gasteiger partial charge is 0.480 e. The summed E-state index contributed by atoms with van der Waals surface area (Å²) in [5.41, 5.74) is 0. The average Bonchev–Trinajstić information content (AvgIpc) is 2.57. The van der Waals surface area contributed by atoms with Gasteiger partial charge in [0.05, 0.1) is 11.2 Å². The lowest BCUT2D eigenvalue weighted by Crippen LogP contribution is -2.61. The number of carboxylic acid groups (broad SMARTS) is 1. The number of carboxylic acids is 1. The Labute approximate surface area is 135 Å². The highest BCUT2D eigenvalue weighted by atomic mass is 32.2. The van der Waals surface area contributed by atoms with Crippen molar-refractivity contribution in [1.29, 1.82) is 0 Å². The molecule has 2 heterocycles. The van der Waals surface area contributed by atoms with Crippen LogP contribution in [0.2, 0.25) is 0 Å². The number of hydrogen-bond acceptors (Lipinski definition) is 5. The number of amides is 2. The predicted molar refractivity (Wildman–Crippen MR) is 81.1 cm³/mol. The van der Waals surface area contributed by atoms with E-state index in [4.69, 9.17) is 0 Å². The van der Waals surface area contributed by atoms with E-state index in [1.807, 2.05) is 0 Å². The van der Waals surface area contributed by atoms with Crippen molar-refractivity contribution in [3.05, 3.63) is 0 Å². The molecule has 4 atom stereocenters. The topological polar surface area (TPSA) is 121 Å². The Bertz CT molecular complexity index is 656. The molecule has 8 nitrogen and oxygen atoms in total. The Morgan fingerprint density at radius 2 is 2.00 bits per heavy atom. The van der Waals surface area contributed by atoms with Gasteiger partial charge in [-0.2, -0.15) is 0 Å². The fourth-order valence-corrected chi connectivity index (χ4v) is 5.30. The maximum absolute atomic E-state index is 12.6. The van der Waals surface area contributed by atoms with Crippen molar-refractivity contribution < 1.29 is 27.9 Å². The Balaban J connectivity index is 2.31. The summed E-state index contributed by atoms with van der Waals surface area (Å²) >= 11 is 0. The summed E-state index contributed by atoms with van der Waals surface area (Å²) in [4.78, 5) is 36.8. The Morgan fingerprint density at radius 3 is 2.43 bits per heavy atom. The Hall–Kier alpha value is -1.64. The number of fused-ring (bicyclic) bond motifs is 1. The third kappa shape index (κ3) is 2.41. The molecule has 0 aromatic heterocycles. The van der Waals surface area contributed by atoms with Gasteiger partial charge in [-0.25, -0.2) is 13.2 Å². The summed E-state index contributed by atoms with van der Waals surface area (Å²) in [5.74, 6) is -2.64. The van der Waals surface area contributed by atoms with E-state index in [1.54, 1.807) is 13.8 Å². The van der Waals surface area contributed by atoms with Crippen molar-refractivity contribution in [1.82, 2.24) is 10.2 Å². The lowest BCUT2D eigenvalue weighted by molar-refractivity contribution is -0.151. The first-order valence-corrected chi connectivity index (χ1v) is 9.09. The van der Waals surface area contributed by atoms with E-state index in [2.05, 4.69) is 5.32 Å². The van der Waals surface area contributed by atoms with E-state index in [-0.39, 0.29) is 12.3 Å². The van der Waals surface area contributed by atoms with Crippen molar-refractivity contribution in [3.8, 4) is 0 Å². The van der Waals surface area contributed by atoms with Crippen molar-refractivity contribution >= 4 is 27.6 Å². The molecule has 2 aliphatic heterocycles. The van der Waals surface area contributed by atoms with Crippen LogP contribution in [0.3, 0.4) is 0 Å². The minimum atomic E-state index is -3.68. The molecule has 0 radical (unpaired) electrons. The van der Waals surface area contributed by atoms with Crippen LogP contribution in [-0.2, 0) is 24.2 Å². The van der Waals surface area contributed by atoms with Gasteiger partial charge in [-0.3, -0.25) is 9.59 Å². The van der Waals surface area contributed by atoms with E-state index < -0.39 is 49.8 Å². The summed E-state index contributed by atoms with van der Waals surface area (Å²) in [6.07, 6.45) is 0.415. The SMILES string of the molecule is CC[C@H](C)[C@H](NC(=O)[C@@H]1N2C(=O)C[C@H]2S(=O)(=O)C1(C)C)C(=O)O. The van der Waals surface area contributed by atoms with Gasteiger partial charge in [-0.15, -0.1) is 0 Å². The number of nitrogens with zero attached hydrogens (tertiary/aromatic N) is 1. The first kappa shape index (κ1) is 17.7. The molecule has 0 spiro atoms. The molecule has 23 heavy (non-hydrogen) atoms. The minimum Gasteiger partial charge on any atom is -0.480 e. The second kappa shape index (κ2) is 5.47. The van der Waals surface area contributed by atoms with Crippen LogP contribution in [0.15, 0.2) is 0 Å². The van der Waals surface area contributed by atoms with Crippen LogP contribution in [0.5, 0.6) is 0 Å². The number of nitrogens with one attached hydrogen (secondary N) is 1. The standard InChI is InChI=1S/C14H22N2O6S/c1-5-7(2)10(13(19)20)15-12(18)11-14(3,4)23(21,22)9-6-8(17)16(9)11/h7,9-11H,5-6H2,1-4H3,(H,15,18)(H,19,20)/t7-,9+,10-,11-/m0/s1. The minimum absolute atomic E-state index is 0.122. The fourth-order valence-electron chi connectivity index (χ4n) is 3.17. The highest BCUT2D eigenvalue weighted by Crippen LogP contribution is 2.45. The lowest BCUT2D eigenvalue weighted by atomic mass is 9.95. The van der Waals surface area contributed by atoms with Gasteiger partial charge in [-0.1, -0.05) is 20.3 Å². The van der Waals surface area contributed by atoms with Gasteiger partial charge in [0.25, 0.3) is 0 Å². The molecule has 0 saturated carbocycles. The molecule has 0 aromatic rings. The quantitative estimate of drug-likeness (QED) is 0.661. The molecule has 0 aliphatic carbocycles. The Kier molecular flexibility index (Phi) is 4.21. The van der Waals surface area contributed by atoms with Crippen LogP contribution in [0.4, 0.5) is 0 Å². The molecule has 0 aromatic carbocycles. The number of β-lactam (4-membered cyclic amide) rings is 1. The van der Waals surface area contributed by atoms with Gasteiger partial charge in [0.2, 0.25) is 11.8 Å². The average molecular weight is 346 g/mol. The van der Waals surface area contributed by atoms with Crippen LogP contribution in [0.25, 0.3) is 0 Å². The van der Waals surface area contributed by atoms with E-state index in [9.17, 15) is 27.9 Å². The molecule has 9 heteroatoms. The van der Waals surface area contributed by atoms with Crippen molar-refractivity contribution in [3.63, 3.8) is 0 Å². The zero-order valence-electron chi connectivity index (χ0n) is 13.6. The predicted octanol–water partition coefficient (Wildman–Crippen LogP) is -0.264. The zero-order chi connectivity index (χ0) is 17.7. The summed E-state index contributed by atoms with van der Waals surface area (Å²) in [7, 11) is -3.68. The highest BCUT2D eigenvalue weighted by Gasteiger charge is 2.67. The second-order valence-electron chi connectivity index (χ2n) is 6.72. The second-order valence-corrected chi connectivity index (χ2v) is 9.41. The number of hydrogen-bond donors (Lipinski definition) is 2. The first-order chi connectivity index (χ1) is 10.5. The molecular formula is C14H22N2O6S. The molecule has 0 unspecified atom stereocenters. The van der Waals surface area contributed by atoms with Crippen molar-refractivity contribution in [2.45, 2.75) is 62.7 Å². The number of carbonyl (C=O) groups is 3. The van der Waals surface area contributed by atoms with Crippen molar-refractivity contribution in [2.24, 2.45) is 5.92 Å². The third-order valence-corrected chi connectivity index (χ3v) is 7.80. The lowest BCUT2D eigenvalue weighted by Gasteiger charge is -2.37. The van der Waals surface area contributed by atoms with E-state index in [0.29, 0.717) is 6.42 Å². The van der Waals surface area contributed by atoms with Gasteiger partial charge < -0.3 is 15.3 Å². The molecule has 2 saturated heterocycles. The maximum atomic E-state index is 12.6. The molecule has 2 rings (SSSR count). The summed E-state index contributed by atoms with van der Waals surface area (Å²) < 4.78 is 23.5. The van der Waals surface area contributed by atoms with Gasteiger partial charge in [-0.05, 0) is 19.8 Å². The molecule has 2 amide bonds. The monoisotopic (exact) mass is 346 g/mol. The summed E-state index contributed by atoms with van der Waals surface area (Å²) in [5, 5.41) is 10.7. The molecule has 2 N–H and O–H groups in total. The summed E-state index contributed by atoms with van der Waals surface area (Å²) in [6.45, 7) is 6.29. The number of rotatable bonds is 5. The van der Waals surface area contributed by atoms with Crippen LogP contribution < -0.4 is 5.32 Å². The Morgan fingerprint density at radius 1 is 1.43 bits per heavy atom. The first-order valence-electron chi connectivity index (χ1n) is 7.54. The highest BCUT2D eigenvalue weighted by molar-refractivity contribution is 7.93. The van der Waals surface area contributed by atoms with Crippen LogP contribution >= 0.6 is 0 Å². The summed E-state index contributed by atoms with van der Waals surface area (Å²) in [6, 6.07) is -2.33. The molecule has 2 aliphatic rings. The van der Waals surface area contributed by atoms with Crippen LogP contribution in [-0.4, -0.2) is 58.4 Å².